The van der Waals surface area contributed by atoms with Crippen molar-refractivity contribution < 1.29 is 9.90 Å². The second-order valence-electron chi connectivity index (χ2n) is 10.2. The molecular weight excluding hydrogens is 458 g/mol. The van der Waals surface area contributed by atoms with Crippen molar-refractivity contribution in [1.82, 2.24) is 14.8 Å². The van der Waals surface area contributed by atoms with Crippen molar-refractivity contribution in [2.24, 2.45) is 0 Å². The van der Waals surface area contributed by atoms with Crippen LogP contribution in [0.1, 0.15) is 71.8 Å². The number of unbranched alkanes of at least 4 members (excludes halogenated alkanes) is 2. The maximum absolute atomic E-state index is 13.9. The molecule has 3 aromatic rings. The number of aliphatic hydroxyl groups is 1. The fourth-order valence-corrected chi connectivity index (χ4v) is 5.24. The Kier molecular flexibility index (Phi) is 10.3. The Hall–Kier alpha value is -3.02. The molecule has 1 aliphatic heterocycles. The van der Waals surface area contributed by atoms with Gasteiger partial charge in [-0.15, -0.1) is 0 Å². The van der Waals surface area contributed by atoms with Crippen LogP contribution in [0, 0.1) is 0 Å². The molecule has 0 unspecified atom stereocenters. The summed E-state index contributed by atoms with van der Waals surface area (Å²) in [5.41, 5.74) is 5.38. The minimum Gasteiger partial charge on any atom is -0.396 e. The Morgan fingerprint density at radius 3 is 2.43 bits per heavy atom. The van der Waals surface area contributed by atoms with Gasteiger partial charge in [0, 0.05) is 50.6 Å². The summed E-state index contributed by atoms with van der Waals surface area (Å²) in [6, 6.07) is 22.8. The maximum atomic E-state index is 13.9. The number of aliphatic hydroxyl groups excluding tert-OH is 1. The van der Waals surface area contributed by atoms with Gasteiger partial charge in [-0.05, 0) is 73.1 Å². The highest BCUT2D eigenvalue weighted by atomic mass is 16.3. The van der Waals surface area contributed by atoms with Crippen LogP contribution >= 0.6 is 0 Å². The largest absolute Gasteiger partial charge is 0.396 e. The number of hydrogen-bond acceptors (Lipinski definition) is 4. The minimum atomic E-state index is 0.107. The first-order valence-corrected chi connectivity index (χ1v) is 13.9. The lowest BCUT2D eigenvalue weighted by atomic mass is 9.99. The van der Waals surface area contributed by atoms with E-state index in [1.54, 1.807) is 0 Å². The van der Waals surface area contributed by atoms with Gasteiger partial charge in [0.15, 0.2) is 0 Å². The molecule has 37 heavy (non-hydrogen) atoms. The predicted octanol–water partition coefficient (Wildman–Crippen LogP) is 5.66. The summed E-state index contributed by atoms with van der Waals surface area (Å²) in [5, 5.41) is 9.38. The zero-order valence-corrected chi connectivity index (χ0v) is 22.2. The van der Waals surface area contributed by atoms with Gasteiger partial charge in [-0.25, -0.2) is 0 Å². The van der Waals surface area contributed by atoms with E-state index in [-0.39, 0.29) is 18.6 Å². The molecule has 0 atom stereocenters. The zero-order valence-electron chi connectivity index (χ0n) is 22.2. The number of amides is 1. The van der Waals surface area contributed by atoms with E-state index >= 15 is 0 Å². The van der Waals surface area contributed by atoms with Gasteiger partial charge in [0.25, 0.3) is 5.91 Å². The van der Waals surface area contributed by atoms with Crippen molar-refractivity contribution in [3.05, 3.63) is 101 Å². The molecule has 0 aliphatic carbocycles. The first kappa shape index (κ1) is 27.0. The van der Waals surface area contributed by atoms with E-state index in [9.17, 15) is 9.90 Å². The molecule has 2 aromatic carbocycles. The number of piperidine rings is 1. The number of aromatic nitrogens is 1. The molecule has 1 amide bonds. The first-order valence-electron chi connectivity index (χ1n) is 13.9. The van der Waals surface area contributed by atoms with Crippen molar-refractivity contribution in [3.8, 4) is 0 Å². The normalized spacial score (nSPS) is 14.5. The molecule has 5 heteroatoms. The van der Waals surface area contributed by atoms with E-state index in [2.05, 4.69) is 52.0 Å². The van der Waals surface area contributed by atoms with Gasteiger partial charge in [-0.3, -0.25) is 14.7 Å². The summed E-state index contributed by atoms with van der Waals surface area (Å²) in [4.78, 5) is 22.9. The number of hydrogen-bond donors (Lipinski definition) is 1. The molecule has 1 saturated heterocycles. The van der Waals surface area contributed by atoms with Gasteiger partial charge >= 0.3 is 0 Å². The van der Waals surface area contributed by atoms with E-state index in [1.807, 2.05) is 42.6 Å². The average molecular weight is 500 g/mol. The van der Waals surface area contributed by atoms with E-state index in [0.29, 0.717) is 13.0 Å². The number of nitrogens with zero attached hydrogens (tertiary/aromatic N) is 3. The molecule has 1 fully saturated rings. The molecule has 196 valence electrons. The van der Waals surface area contributed by atoms with Gasteiger partial charge in [0.2, 0.25) is 0 Å². The highest BCUT2D eigenvalue weighted by Gasteiger charge is 2.29. The monoisotopic (exact) mass is 499 g/mol. The van der Waals surface area contributed by atoms with E-state index in [4.69, 9.17) is 0 Å². The molecule has 0 bridgehead atoms. The molecule has 0 saturated carbocycles. The molecule has 0 radical (unpaired) electrons. The van der Waals surface area contributed by atoms with Crippen LogP contribution in [0.25, 0.3) is 0 Å². The Morgan fingerprint density at radius 1 is 0.946 bits per heavy atom. The van der Waals surface area contributed by atoms with Crippen LogP contribution in [0.4, 0.5) is 0 Å². The zero-order chi connectivity index (χ0) is 25.9. The quantitative estimate of drug-likeness (QED) is 0.327. The van der Waals surface area contributed by atoms with Crippen molar-refractivity contribution in [2.45, 2.75) is 71.0 Å². The number of rotatable bonds is 12. The minimum absolute atomic E-state index is 0.107. The second-order valence-corrected chi connectivity index (χ2v) is 10.2. The molecule has 1 aliphatic rings. The Morgan fingerprint density at radius 2 is 1.73 bits per heavy atom. The molecule has 1 aromatic heterocycles. The third kappa shape index (κ3) is 7.98. The third-order valence-electron chi connectivity index (χ3n) is 7.39. The lowest BCUT2D eigenvalue weighted by molar-refractivity contribution is 0.0541. The fraction of sp³-hybridized carbons (Fsp3) is 0.438. The van der Waals surface area contributed by atoms with Crippen LogP contribution in [0.3, 0.4) is 0 Å². The number of carbonyl (C=O) groups is 1. The number of pyridine rings is 1. The molecule has 1 N–H and O–H groups in total. The third-order valence-corrected chi connectivity index (χ3v) is 7.39. The maximum Gasteiger partial charge on any atom is 0.254 e. The van der Waals surface area contributed by atoms with Gasteiger partial charge in [-0.2, -0.15) is 0 Å². The number of benzene rings is 2. The van der Waals surface area contributed by atoms with Gasteiger partial charge in [0.05, 0.1) is 5.69 Å². The predicted molar refractivity (Wildman–Crippen MR) is 149 cm³/mol. The van der Waals surface area contributed by atoms with E-state index in [0.717, 1.165) is 61.3 Å². The second kappa shape index (κ2) is 14.1. The summed E-state index contributed by atoms with van der Waals surface area (Å²) < 4.78 is 0. The highest BCUT2D eigenvalue weighted by Crippen LogP contribution is 2.23. The van der Waals surface area contributed by atoms with Crippen LogP contribution < -0.4 is 0 Å². The molecule has 5 nitrogen and oxygen atoms in total. The smallest absolute Gasteiger partial charge is 0.254 e. The summed E-state index contributed by atoms with van der Waals surface area (Å²) in [7, 11) is 0. The van der Waals surface area contributed by atoms with Crippen molar-refractivity contribution >= 4 is 5.91 Å². The molecule has 0 spiro atoms. The fourth-order valence-electron chi connectivity index (χ4n) is 5.24. The molecular formula is C32H41N3O2. The highest BCUT2D eigenvalue weighted by molar-refractivity contribution is 5.94. The molecule has 4 rings (SSSR count). The average Bonchev–Trinajstić information content (AvgIpc) is 2.93. The first-order chi connectivity index (χ1) is 18.2. The standard InChI is InChI=1S/C32H41N3O2/c1-2-3-4-8-26-12-14-29(15-13-26)32(37)35(24-28-10-7-9-27(23-28)18-22-36)31-16-20-34(21-17-31)25-30-11-5-6-19-33-30/h5-7,9-15,19,23,31,36H,2-4,8,16-18,20-22,24-25H2,1H3. The SMILES string of the molecule is CCCCCc1ccc(C(=O)N(Cc2cccc(CCO)c2)C2CCN(Cc3ccccn3)CC2)cc1. The van der Waals surface area contributed by atoms with Crippen LogP contribution in [-0.4, -0.2) is 51.5 Å². The Balaban J connectivity index is 1.47. The summed E-state index contributed by atoms with van der Waals surface area (Å²) in [6.45, 7) is 5.69. The number of aryl methyl sites for hydroxylation is 1. The number of likely N-dealkylation sites (tertiary alicyclic amines) is 1. The number of carbonyl (C=O) groups excluding carboxylic acids is 1. The van der Waals surface area contributed by atoms with E-state index < -0.39 is 0 Å². The van der Waals surface area contributed by atoms with Crippen molar-refractivity contribution in [2.75, 3.05) is 19.7 Å². The topological polar surface area (TPSA) is 56.7 Å². The van der Waals surface area contributed by atoms with Crippen LogP contribution in [-0.2, 0) is 25.9 Å². The Bertz CT molecular complexity index is 1090. The van der Waals surface area contributed by atoms with Gasteiger partial charge in [0.1, 0.15) is 0 Å². The van der Waals surface area contributed by atoms with Gasteiger partial charge < -0.3 is 10.0 Å². The lowest BCUT2D eigenvalue weighted by Gasteiger charge is -2.38. The van der Waals surface area contributed by atoms with Gasteiger partial charge in [-0.1, -0.05) is 62.2 Å². The van der Waals surface area contributed by atoms with Crippen LogP contribution in [0.15, 0.2) is 72.9 Å². The van der Waals surface area contributed by atoms with Crippen LogP contribution in [0.5, 0.6) is 0 Å². The van der Waals surface area contributed by atoms with Crippen molar-refractivity contribution in [1.29, 1.82) is 0 Å². The Labute approximate surface area is 222 Å². The van der Waals surface area contributed by atoms with Crippen molar-refractivity contribution in [3.63, 3.8) is 0 Å². The lowest BCUT2D eigenvalue weighted by Crippen LogP contribution is -2.47. The summed E-state index contributed by atoms with van der Waals surface area (Å²) in [6.07, 6.45) is 9.09. The van der Waals surface area contributed by atoms with Crippen LogP contribution in [0.2, 0.25) is 0 Å². The summed E-state index contributed by atoms with van der Waals surface area (Å²) in [5.74, 6) is 0.107. The van der Waals surface area contributed by atoms with E-state index in [1.165, 1.54) is 24.8 Å². The summed E-state index contributed by atoms with van der Waals surface area (Å²) >= 11 is 0. The molecule has 2 heterocycles.